The number of thioether (sulfide) groups is 1. The lowest BCUT2D eigenvalue weighted by atomic mass is 9.86. The van der Waals surface area contributed by atoms with E-state index in [0.29, 0.717) is 0 Å². The molecule has 0 aliphatic heterocycles. The third-order valence-electron chi connectivity index (χ3n) is 2.94. The van der Waals surface area contributed by atoms with Gasteiger partial charge in [-0.3, -0.25) is 4.98 Å². The van der Waals surface area contributed by atoms with Gasteiger partial charge in [-0.05, 0) is 25.0 Å². The van der Waals surface area contributed by atoms with E-state index < -0.39 is 5.60 Å². The SMILES string of the molecule is OC1(CSc2ccncc2)CCCCC1. The molecule has 1 N–H and O–H groups in total. The predicted molar refractivity (Wildman–Crippen MR) is 63.0 cm³/mol. The van der Waals surface area contributed by atoms with E-state index in [1.807, 2.05) is 12.1 Å². The molecule has 0 amide bonds. The molecule has 0 saturated heterocycles. The van der Waals surface area contributed by atoms with Crippen LogP contribution in [0.4, 0.5) is 0 Å². The molecule has 0 atom stereocenters. The molecule has 1 fully saturated rings. The Hall–Kier alpha value is -0.540. The first-order chi connectivity index (χ1) is 7.29. The molecule has 82 valence electrons. The fourth-order valence-corrected chi connectivity index (χ4v) is 3.04. The van der Waals surface area contributed by atoms with E-state index in [0.717, 1.165) is 18.6 Å². The van der Waals surface area contributed by atoms with Crippen LogP contribution in [0, 0.1) is 0 Å². The van der Waals surface area contributed by atoms with Gasteiger partial charge in [0.2, 0.25) is 0 Å². The molecule has 2 rings (SSSR count). The van der Waals surface area contributed by atoms with Crippen molar-refractivity contribution in [2.45, 2.75) is 42.6 Å². The largest absolute Gasteiger partial charge is 0.389 e. The van der Waals surface area contributed by atoms with Gasteiger partial charge in [0, 0.05) is 23.0 Å². The van der Waals surface area contributed by atoms with Crippen LogP contribution < -0.4 is 0 Å². The quantitative estimate of drug-likeness (QED) is 0.800. The van der Waals surface area contributed by atoms with E-state index in [9.17, 15) is 5.11 Å². The number of hydrogen-bond donors (Lipinski definition) is 1. The van der Waals surface area contributed by atoms with E-state index >= 15 is 0 Å². The summed E-state index contributed by atoms with van der Waals surface area (Å²) in [5.41, 5.74) is -0.424. The minimum Gasteiger partial charge on any atom is -0.389 e. The van der Waals surface area contributed by atoms with Gasteiger partial charge in [0.1, 0.15) is 0 Å². The Morgan fingerprint density at radius 2 is 1.87 bits per heavy atom. The van der Waals surface area contributed by atoms with Crippen LogP contribution in [0.15, 0.2) is 29.4 Å². The Morgan fingerprint density at radius 1 is 1.20 bits per heavy atom. The number of hydrogen-bond acceptors (Lipinski definition) is 3. The average Bonchev–Trinajstić information content (AvgIpc) is 2.29. The van der Waals surface area contributed by atoms with Crippen molar-refractivity contribution < 1.29 is 5.11 Å². The average molecular weight is 223 g/mol. The first-order valence-corrected chi connectivity index (χ1v) is 6.52. The highest BCUT2D eigenvalue weighted by Crippen LogP contribution is 2.33. The lowest BCUT2D eigenvalue weighted by Crippen LogP contribution is -2.33. The van der Waals surface area contributed by atoms with Crippen molar-refractivity contribution in [1.29, 1.82) is 0 Å². The second-order valence-electron chi connectivity index (χ2n) is 4.26. The van der Waals surface area contributed by atoms with Crippen LogP contribution >= 0.6 is 11.8 Å². The van der Waals surface area contributed by atoms with E-state index in [-0.39, 0.29) is 0 Å². The predicted octanol–water partition coefficient (Wildman–Crippen LogP) is 2.87. The minimum absolute atomic E-state index is 0.424. The van der Waals surface area contributed by atoms with E-state index in [1.54, 1.807) is 24.2 Å². The molecule has 1 aromatic rings. The van der Waals surface area contributed by atoms with Crippen LogP contribution in [-0.4, -0.2) is 21.4 Å². The number of aromatic nitrogens is 1. The molecule has 2 nitrogen and oxygen atoms in total. The summed E-state index contributed by atoms with van der Waals surface area (Å²) in [6.45, 7) is 0. The standard InChI is InChI=1S/C12H17NOS/c14-12(6-2-1-3-7-12)10-15-11-4-8-13-9-5-11/h4-5,8-9,14H,1-3,6-7,10H2. The van der Waals surface area contributed by atoms with Crippen molar-refractivity contribution in [2.75, 3.05) is 5.75 Å². The summed E-state index contributed by atoms with van der Waals surface area (Å²) in [4.78, 5) is 5.18. The Morgan fingerprint density at radius 3 is 2.53 bits per heavy atom. The molecule has 0 unspecified atom stereocenters. The van der Waals surface area contributed by atoms with Crippen LogP contribution in [0.5, 0.6) is 0 Å². The molecule has 1 aliphatic carbocycles. The van der Waals surface area contributed by atoms with Crippen LogP contribution in [0.1, 0.15) is 32.1 Å². The maximum atomic E-state index is 10.3. The molecule has 0 radical (unpaired) electrons. The van der Waals surface area contributed by atoms with Crippen molar-refractivity contribution >= 4 is 11.8 Å². The van der Waals surface area contributed by atoms with E-state index in [2.05, 4.69) is 4.98 Å². The number of nitrogens with zero attached hydrogens (tertiary/aromatic N) is 1. The summed E-state index contributed by atoms with van der Waals surface area (Å²) in [6.07, 6.45) is 9.15. The molecule has 15 heavy (non-hydrogen) atoms. The maximum Gasteiger partial charge on any atom is 0.0741 e. The van der Waals surface area contributed by atoms with Gasteiger partial charge in [-0.1, -0.05) is 19.3 Å². The van der Waals surface area contributed by atoms with Crippen molar-refractivity contribution in [1.82, 2.24) is 4.98 Å². The fourth-order valence-electron chi connectivity index (χ4n) is 2.01. The summed E-state index contributed by atoms with van der Waals surface area (Å²) in [7, 11) is 0. The topological polar surface area (TPSA) is 33.1 Å². The Bertz CT molecular complexity index is 296. The molecular weight excluding hydrogens is 206 g/mol. The van der Waals surface area contributed by atoms with Crippen LogP contribution in [0.3, 0.4) is 0 Å². The van der Waals surface area contributed by atoms with Gasteiger partial charge in [0.25, 0.3) is 0 Å². The molecule has 0 bridgehead atoms. The second kappa shape index (κ2) is 4.99. The number of pyridine rings is 1. The highest BCUT2D eigenvalue weighted by Gasteiger charge is 2.28. The zero-order chi connectivity index (χ0) is 10.6. The van der Waals surface area contributed by atoms with Crippen LogP contribution in [0.2, 0.25) is 0 Å². The van der Waals surface area contributed by atoms with Gasteiger partial charge in [-0.25, -0.2) is 0 Å². The molecule has 0 spiro atoms. The lowest BCUT2D eigenvalue weighted by Gasteiger charge is -2.31. The molecule has 3 heteroatoms. The number of aliphatic hydroxyl groups is 1. The van der Waals surface area contributed by atoms with Crippen LogP contribution in [0.25, 0.3) is 0 Å². The lowest BCUT2D eigenvalue weighted by molar-refractivity contribution is 0.0273. The number of rotatable bonds is 3. The van der Waals surface area contributed by atoms with Crippen molar-refractivity contribution in [2.24, 2.45) is 0 Å². The van der Waals surface area contributed by atoms with Gasteiger partial charge >= 0.3 is 0 Å². The molecule has 1 aromatic heterocycles. The minimum atomic E-state index is -0.424. The van der Waals surface area contributed by atoms with Gasteiger partial charge in [-0.15, -0.1) is 11.8 Å². The van der Waals surface area contributed by atoms with Crippen molar-refractivity contribution in [3.63, 3.8) is 0 Å². The van der Waals surface area contributed by atoms with Gasteiger partial charge < -0.3 is 5.11 Å². The van der Waals surface area contributed by atoms with Gasteiger partial charge in [-0.2, -0.15) is 0 Å². The summed E-state index contributed by atoms with van der Waals surface area (Å²) >= 11 is 1.74. The Kier molecular flexibility index (Phi) is 3.65. The monoisotopic (exact) mass is 223 g/mol. The van der Waals surface area contributed by atoms with E-state index in [4.69, 9.17) is 0 Å². The normalized spacial score (nSPS) is 20.1. The fraction of sp³-hybridized carbons (Fsp3) is 0.583. The van der Waals surface area contributed by atoms with Gasteiger partial charge in [0.15, 0.2) is 0 Å². The molecule has 1 saturated carbocycles. The highest BCUT2D eigenvalue weighted by atomic mass is 32.2. The Labute approximate surface area is 95.1 Å². The van der Waals surface area contributed by atoms with Crippen molar-refractivity contribution in [3.8, 4) is 0 Å². The smallest absolute Gasteiger partial charge is 0.0741 e. The molecular formula is C12H17NOS. The molecule has 0 aromatic carbocycles. The third-order valence-corrected chi connectivity index (χ3v) is 4.23. The third kappa shape index (κ3) is 3.21. The summed E-state index contributed by atoms with van der Waals surface area (Å²) < 4.78 is 0. The highest BCUT2D eigenvalue weighted by molar-refractivity contribution is 7.99. The zero-order valence-electron chi connectivity index (χ0n) is 8.85. The first kappa shape index (κ1) is 11.0. The molecule has 1 heterocycles. The van der Waals surface area contributed by atoms with Crippen LogP contribution in [-0.2, 0) is 0 Å². The summed E-state index contributed by atoms with van der Waals surface area (Å²) in [5, 5.41) is 10.3. The summed E-state index contributed by atoms with van der Waals surface area (Å²) in [6, 6.07) is 3.99. The second-order valence-corrected chi connectivity index (χ2v) is 5.31. The zero-order valence-corrected chi connectivity index (χ0v) is 9.67. The maximum absolute atomic E-state index is 10.3. The van der Waals surface area contributed by atoms with Crippen molar-refractivity contribution in [3.05, 3.63) is 24.5 Å². The molecule has 1 aliphatic rings. The summed E-state index contributed by atoms with van der Waals surface area (Å²) in [5.74, 6) is 0.816. The van der Waals surface area contributed by atoms with Gasteiger partial charge in [0.05, 0.1) is 5.60 Å². The first-order valence-electron chi connectivity index (χ1n) is 5.54. The Balaban J connectivity index is 1.87. The van der Waals surface area contributed by atoms with E-state index in [1.165, 1.54) is 24.2 Å².